The Bertz CT molecular complexity index is 189. The van der Waals surface area contributed by atoms with E-state index < -0.39 is 0 Å². The van der Waals surface area contributed by atoms with Crippen LogP contribution in [-0.4, -0.2) is 18.5 Å². The van der Waals surface area contributed by atoms with Crippen LogP contribution in [0, 0.1) is 11.8 Å². The van der Waals surface area contributed by atoms with Crippen LogP contribution in [0.3, 0.4) is 0 Å². The van der Waals surface area contributed by atoms with Gasteiger partial charge in [0.05, 0.1) is 6.04 Å². The molecule has 1 saturated carbocycles. The number of rotatable bonds is 2. The van der Waals surface area contributed by atoms with Crippen LogP contribution in [0.25, 0.3) is 0 Å². The number of hydrogen-bond acceptors (Lipinski definition) is 2. The van der Waals surface area contributed by atoms with E-state index in [0.717, 1.165) is 24.8 Å². The van der Waals surface area contributed by atoms with Gasteiger partial charge < -0.3 is 11.1 Å². The highest BCUT2D eigenvalue weighted by atomic mass is 16.1. The number of piperidine rings is 1. The molecule has 1 amide bonds. The first-order valence-electron chi connectivity index (χ1n) is 4.80. The van der Waals surface area contributed by atoms with E-state index in [1.807, 2.05) is 0 Å². The van der Waals surface area contributed by atoms with Gasteiger partial charge in [-0.3, -0.25) is 4.79 Å². The summed E-state index contributed by atoms with van der Waals surface area (Å²) >= 11 is 0. The Balaban J connectivity index is 1.89. The number of primary amides is 1. The Morgan fingerprint density at radius 3 is 2.58 bits per heavy atom. The van der Waals surface area contributed by atoms with Gasteiger partial charge in [0, 0.05) is 0 Å². The van der Waals surface area contributed by atoms with Crippen molar-refractivity contribution in [2.45, 2.75) is 31.7 Å². The number of carbonyl (C=O) groups is 1. The minimum atomic E-state index is -0.180. The minimum absolute atomic E-state index is 0.0515. The second kappa shape index (κ2) is 3.05. The van der Waals surface area contributed by atoms with Crippen molar-refractivity contribution in [2.75, 3.05) is 6.54 Å². The predicted octanol–water partition coefficient (Wildman–Crippen LogP) is 0.250. The van der Waals surface area contributed by atoms with Gasteiger partial charge >= 0.3 is 0 Å². The van der Waals surface area contributed by atoms with Gasteiger partial charge in [0.25, 0.3) is 0 Å². The lowest BCUT2D eigenvalue weighted by Gasteiger charge is -2.28. The van der Waals surface area contributed by atoms with Crippen LogP contribution in [-0.2, 0) is 4.79 Å². The lowest BCUT2D eigenvalue weighted by molar-refractivity contribution is -0.120. The maximum Gasteiger partial charge on any atom is 0.234 e. The summed E-state index contributed by atoms with van der Waals surface area (Å²) in [6, 6.07) is -0.0515. The first-order valence-corrected chi connectivity index (χ1v) is 4.80. The van der Waals surface area contributed by atoms with Gasteiger partial charge in [-0.2, -0.15) is 0 Å². The normalized spacial score (nSPS) is 36.3. The molecule has 0 bridgehead atoms. The van der Waals surface area contributed by atoms with Crippen LogP contribution < -0.4 is 11.1 Å². The average molecular weight is 168 g/mol. The van der Waals surface area contributed by atoms with E-state index >= 15 is 0 Å². The molecule has 0 aromatic rings. The van der Waals surface area contributed by atoms with Gasteiger partial charge in [-0.05, 0) is 44.1 Å². The van der Waals surface area contributed by atoms with Crippen molar-refractivity contribution in [3.63, 3.8) is 0 Å². The third kappa shape index (κ3) is 1.61. The molecule has 2 rings (SSSR count). The standard InChI is InChI=1S/C9H16N2O/c10-9(12)8-5-7(3-4-11-8)6-1-2-6/h6-8,11H,1-5H2,(H2,10,12). The Kier molecular flexibility index (Phi) is 2.05. The molecule has 1 aliphatic carbocycles. The van der Waals surface area contributed by atoms with E-state index in [-0.39, 0.29) is 11.9 Å². The fourth-order valence-electron chi connectivity index (χ4n) is 2.16. The predicted molar refractivity (Wildman–Crippen MR) is 46.4 cm³/mol. The van der Waals surface area contributed by atoms with E-state index in [1.165, 1.54) is 19.3 Å². The fourth-order valence-corrected chi connectivity index (χ4v) is 2.16. The molecule has 0 spiro atoms. The van der Waals surface area contributed by atoms with Crippen LogP contribution in [0.15, 0.2) is 0 Å². The zero-order chi connectivity index (χ0) is 8.55. The molecule has 12 heavy (non-hydrogen) atoms. The molecule has 2 aliphatic rings. The van der Waals surface area contributed by atoms with Crippen molar-refractivity contribution >= 4 is 5.91 Å². The molecular weight excluding hydrogens is 152 g/mol. The van der Waals surface area contributed by atoms with Crippen LogP contribution in [0.5, 0.6) is 0 Å². The molecule has 2 fully saturated rings. The van der Waals surface area contributed by atoms with Crippen LogP contribution in [0.1, 0.15) is 25.7 Å². The lowest BCUT2D eigenvalue weighted by atomic mass is 9.88. The topological polar surface area (TPSA) is 55.1 Å². The monoisotopic (exact) mass is 168 g/mol. The van der Waals surface area contributed by atoms with Crippen molar-refractivity contribution in [2.24, 2.45) is 17.6 Å². The molecule has 2 atom stereocenters. The van der Waals surface area contributed by atoms with Crippen molar-refractivity contribution in [3.05, 3.63) is 0 Å². The quantitative estimate of drug-likeness (QED) is 0.621. The fraction of sp³-hybridized carbons (Fsp3) is 0.889. The highest BCUT2D eigenvalue weighted by Crippen LogP contribution is 2.41. The number of hydrogen-bond donors (Lipinski definition) is 2. The van der Waals surface area contributed by atoms with Crippen LogP contribution >= 0.6 is 0 Å². The van der Waals surface area contributed by atoms with Crippen molar-refractivity contribution < 1.29 is 4.79 Å². The van der Waals surface area contributed by atoms with E-state index in [0.29, 0.717) is 0 Å². The number of nitrogens with one attached hydrogen (secondary N) is 1. The third-order valence-electron chi connectivity index (χ3n) is 3.08. The summed E-state index contributed by atoms with van der Waals surface area (Å²) in [7, 11) is 0. The molecule has 3 heteroatoms. The Morgan fingerprint density at radius 2 is 2.00 bits per heavy atom. The summed E-state index contributed by atoms with van der Waals surface area (Å²) in [6.07, 6.45) is 4.95. The molecule has 2 unspecified atom stereocenters. The first kappa shape index (κ1) is 8.05. The maximum atomic E-state index is 10.9. The Labute approximate surface area is 72.7 Å². The van der Waals surface area contributed by atoms with Gasteiger partial charge in [0.2, 0.25) is 5.91 Å². The molecule has 1 aliphatic heterocycles. The van der Waals surface area contributed by atoms with E-state index in [2.05, 4.69) is 5.32 Å². The molecule has 1 saturated heterocycles. The molecule has 0 radical (unpaired) electrons. The highest BCUT2D eigenvalue weighted by Gasteiger charge is 2.35. The maximum absolute atomic E-state index is 10.9. The zero-order valence-electron chi connectivity index (χ0n) is 7.25. The molecular formula is C9H16N2O. The highest BCUT2D eigenvalue weighted by molar-refractivity contribution is 5.79. The van der Waals surface area contributed by atoms with Gasteiger partial charge in [0.1, 0.15) is 0 Å². The number of carbonyl (C=O) groups excluding carboxylic acids is 1. The summed E-state index contributed by atoms with van der Waals surface area (Å²) in [5.41, 5.74) is 5.25. The lowest BCUT2D eigenvalue weighted by Crippen LogP contribution is -2.47. The second-order valence-corrected chi connectivity index (χ2v) is 4.03. The summed E-state index contributed by atoms with van der Waals surface area (Å²) in [5, 5.41) is 3.16. The number of nitrogens with two attached hydrogens (primary N) is 1. The van der Waals surface area contributed by atoms with Crippen molar-refractivity contribution in [1.82, 2.24) is 5.32 Å². The van der Waals surface area contributed by atoms with Crippen molar-refractivity contribution in [3.8, 4) is 0 Å². The SMILES string of the molecule is NC(=O)C1CC(C2CC2)CCN1. The van der Waals surface area contributed by atoms with E-state index in [4.69, 9.17) is 5.73 Å². The van der Waals surface area contributed by atoms with Crippen LogP contribution in [0.2, 0.25) is 0 Å². The minimum Gasteiger partial charge on any atom is -0.368 e. The smallest absolute Gasteiger partial charge is 0.234 e. The van der Waals surface area contributed by atoms with Crippen molar-refractivity contribution in [1.29, 1.82) is 0 Å². The summed E-state index contributed by atoms with van der Waals surface area (Å²) in [4.78, 5) is 10.9. The number of amides is 1. The molecule has 0 aromatic heterocycles. The largest absolute Gasteiger partial charge is 0.368 e. The molecule has 0 aromatic carbocycles. The van der Waals surface area contributed by atoms with Gasteiger partial charge in [0.15, 0.2) is 0 Å². The Hall–Kier alpha value is -0.570. The van der Waals surface area contributed by atoms with Gasteiger partial charge in [-0.15, -0.1) is 0 Å². The molecule has 3 nitrogen and oxygen atoms in total. The first-order chi connectivity index (χ1) is 5.77. The van der Waals surface area contributed by atoms with Crippen LogP contribution in [0.4, 0.5) is 0 Å². The van der Waals surface area contributed by atoms with E-state index in [9.17, 15) is 4.79 Å². The average Bonchev–Trinajstić information content (AvgIpc) is 2.87. The zero-order valence-corrected chi connectivity index (χ0v) is 7.25. The van der Waals surface area contributed by atoms with E-state index in [1.54, 1.807) is 0 Å². The molecule has 1 heterocycles. The van der Waals surface area contributed by atoms with Gasteiger partial charge in [-0.25, -0.2) is 0 Å². The summed E-state index contributed by atoms with van der Waals surface area (Å²) < 4.78 is 0. The molecule has 3 N–H and O–H groups in total. The van der Waals surface area contributed by atoms with Gasteiger partial charge in [-0.1, -0.05) is 0 Å². The second-order valence-electron chi connectivity index (χ2n) is 4.03. The third-order valence-corrected chi connectivity index (χ3v) is 3.08. The Morgan fingerprint density at radius 1 is 1.25 bits per heavy atom. The summed E-state index contributed by atoms with van der Waals surface area (Å²) in [6.45, 7) is 0.967. The summed E-state index contributed by atoms with van der Waals surface area (Å²) in [5.74, 6) is 1.50. The molecule has 68 valence electrons.